The minimum atomic E-state index is -1.42. The first kappa shape index (κ1) is 31.4. The van der Waals surface area contributed by atoms with Crippen molar-refractivity contribution in [3.8, 4) is 0 Å². The average molecular weight is 538 g/mol. The Morgan fingerprint density at radius 3 is 2.33 bits per heavy atom. The monoisotopic (exact) mass is 537 g/mol. The van der Waals surface area contributed by atoms with Gasteiger partial charge in [0.1, 0.15) is 6.10 Å². The van der Waals surface area contributed by atoms with Crippen LogP contribution in [0.25, 0.3) is 0 Å². The van der Waals surface area contributed by atoms with Crippen molar-refractivity contribution in [2.75, 3.05) is 19.7 Å². The van der Waals surface area contributed by atoms with E-state index in [1.807, 2.05) is 66.8 Å². The fraction of sp³-hybridized carbons (Fsp3) is 0.400. The summed E-state index contributed by atoms with van der Waals surface area (Å²) >= 11 is 0. The minimum Gasteiger partial charge on any atom is -0.396 e. The number of hydrogen-bond acceptors (Lipinski definition) is 6. The molecule has 0 bridgehead atoms. The van der Waals surface area contributed by atoms with Crippen molar-refractivity contribution < 1.29 is 29.4 Å². The maximum atomic E-state index is 13.0. The fourth-order valence-electron chi connectivity index (χ4n) is 3.81. The maximum absolute atomic E-state index is 13.0. The van der Waals surface area contributed by atoms with Crippen LogP contribution in [0.4, 0.5) is 0 Å². The first-order valence-corrected chi connectivity index (χ1v) is 13.1. The molecule has 0 radical (unpaired) electrons. The van der Waals surface area contributed by atoms with E-state index in [-0.39, 0.29) is 24.8 Å². The Bertz CT molecular complexity index is 1090. The van der Waals surface area contributed by atoms with Crippen LogP contribution < -0.4 is 10.6 Å². The number of imide groups is 1. The molecule has 210 valence electrons. The zero-order valence-corrected chi connectivity index (χ0v) is 22.6. The molecule has 4 N–H and O–H groups in total. The van der Waals surface area contributed by atoms with E-state index in [4.69, 9.17) is 0 Å². The van der Waals surface area contributed by atoms with Gasteiger partial charge in [-0.3, -0.25) is 24.1 Å². The molecule has 4 amide bonds. The summed E-state index contributed by atoms with van der Waals surface area (Å²) in [5, 5.41) is 24.1. The van der Waals surface area contributed by atoms with E-state index in [9.17, 15) is 29.4 Å². The highest BCUT2D eigenvalue weighted by Gasteiger charge is 2.39. The molecule has 1 saturated heterocycles. The molecule has 9 heteroatoms. The van der Waals surface area contributed by atoms with Gasteiger partial charge in [-0.15, -0.1) is 0 Å². The number of hydrogen-bond donors (Lipinski definition) is 4. The molecule has 39 heavy (non-hydrogen) atoms. The van der Waals surface area contributed by atoms with Gasteiger partial charge in [-0.2, -0.15) is 0 Å². The zero-order valence-electron chi connectivity index (χ0n) is 22.6. The van der Waals surface area contributed by atoms with E-state index in [1.54, 1.807) is 13.8 Å². The van der Waals surface area contributed by atoms with Gasteiger partial charge in [0.05, 0.1) is 12.5 Å². The number of allylic oxidation sites excluding steroid dienone is 11. The second kappa shape index (κ2) is 16.2. The van der Waals surface area contributed by atoms with Crippen LogP contribution in [0.5, 0.6) is 0 Å². The first-order valence-electron chi connectivity index (χ1n) is 13.1. The van der Waals surface area contributed by atoms with E-state index in [0.717, 1.165) is 17.8 Å². The van der Waals surface area contributed by atoms with Crippen molar-refractivity contribution in [2.45, 2.75) is 45.6 Å². The molecule has 0 aromatic heterocycles. The normalized spacial score (nSPS) is 24.2. The minimum absolute atomic E-state index is 0.149. The molecular weight excluding hydrogens is 498 g/mol. The summed E-state index contributed by atoms with van der Waals surface area (Å²) < 4.78 is 0. The summed E-state index contributed by atoms with van der Waals surface area (Å²) in [6.07, 6.45) is 23.7. The van der Waals surface area contributed by atoms with Gasteiger partial charge in [-0.1, -0.05) is 80.7 Å². The number of aliphatic hydroxyl groups excluding tert-OH is 2. The van der Waals surface area contributed by atoms with Gasteiger partial charge in [0, 0.05) is 37.2 Å². The summed E-state index contributed by atoms with van der Waals surface area (Å²) in [7, 11) is 0. The van der Waals surface area contributed by atoms with Crippen LogP contribution in [-0.2, 0) is 19.2 Å². The number of amides is 4. The smallest absolute Gasteiger partial charge is 0.253 e. The van der Waals surface area contributed by atoms with Crippen molar-refractivity contribution in [1.82, 2.24) is 15.5 Å². The quantitative estimate of drug-likeness (QED) is 0.171. The average Bonchev–Trinajstić information content (AvgIpc) is 3.18. The van der Waals surface area contributed by atoms with Crippen LogP contribution in [0.1, 0.15) is 39.5 Å². The Balaban J connectivity index is 1.73. The molecule has 2 aliphatic rings. The van der Waals surface area contributed by atoms with Crippen molar-refractivity contribution in [3.05, 3.63) is 84.7 Å². The Morgan fingerprint density at radius 2 is 1.67 bits per heavy atom. The number of likely N-dealkylation sites (tertiary alicyclic amines) is 1. The van der Waals surface area contributed by atoms with Gasteiger partial charge < -0.3 is 20.8 Å². The molecule has 1 unspecified atom stereocenters. The predicted molar refractivity (Wildman–Crippen MR) is 150 cm³/mol. The largest absolute Gasteiger partial charge is 0.396 e. The molecular formula is C30H39N3O6. The highest BCUT2D eigenvalue weighted by Crippen LogP contribution is 2.28. The molecule has 2 atom stereocenters. The number of carbonyl (C=O) groups is 4. The lowest BCUT2D eigenvalue weighted by atomic mass is 9.87. The molecule has 2 rings (SSSR count). The maximum Gasteiger partial charge on any atom is 0.253 e. The van der Waals surface area contributed by atoms with Gasteiger partial charge in [0.25, 0.3) is 5.91 Å². The molecule has 0 spiro atoms. The summed E-state index contributed by atoms with van der Waals surface area (Å²) in [6, 6.07) is 0. The van der Waals surface area contributed by atoms with Crippen LogP contribution in [0.3, 0.4) is 0 Å². The summed E-state index contributed by atoms with van der Waals surface area (Å²) in [5.41, 5.74) is -0.217. The van der Waals surface area contributed by atoms with Gasteiger partial charge in [0.2, 0.25) is 17.7 Å². The third-order valence-corrected chi connectivity index (χ3v) is 6.33. The first-order chi connectivity index (χ1) is 18.7. The van der Waals surface area contributed by atoms with Crippen molar-refractivity contribution >= 4 is 23.6 Å². The van der Waals surface area contributed by atoms with Crippen LogP contribution in [-0.4, -0.2) is 64.5 Å². The molecule has 1 aliphatic carbocycles. The van der Waals surface area contributed by atoms with Crippen molar-refractivity contribution in [3.63, 3.8) is 0 Å². The molecule has 1 fully saturated rings. The van der Waals surface area contributed by atoms with E-state index >= 15 is 0 Å². The standard InChI is InChI=1S/C30H39N3O6/c1-30(2,22-34)27(37)28(38)32-19-17-25(35)31-18-13-10-14-20-33-26(36)21-24(29(33)39)23-15-11-8-6-4-3-5-7-9-12-16-23/h3-9,11-12,15-17,19,24,27,34,37H,10,13-14,18,20-22H2,1-2H3,(H,31,35)(H,32,38)/b4-3-,5-3?,6-4?,7-5-,8-6-,9-7?,11-8?,12-9-,15-11-,16-12?,19-17+,23-15?,23-16+/t24?,27-/m0/s1. The van der Waals surface area contributed by atoms with Gasteiger partial charge in [-0.05, 0) is 24.8 Å². The number of aliphatic hydroxyl groups is 2. The summed E-state index contributed by atoms with van der Waals surface area (Å²) in [5.74, 6) is -2.00. The van der Waals surface area contributed by atoms with Crippen LogP contribution in [0, 0.1) is 11.3 Å². The Morgan fingerprint density at radius 1 is 1.03 bits per heavy atom. The number of unbranched alkanes of at least 4 members (excludes halogenated alkanes) is 2. The molecule has 9 nitrogen and oxygen atoms in total. The predicted octanol–water partition coefficient (Wildman–Crippen LogP) is 2.38. The van der Waals surface area contributed by atoms with E-state index in [0.29, 0.717) is 32.4 Å². The lowest BCUT2D eigenvalue weighted by Gasteiger charge is -2.26. The Kier molecular flexibility index (Phi) is 13.1. The Labute approximate surface area is 230 Å². The van der Waals surface area contributed by atoms with E-state index < -0.39 is 29.3 Å². The molecule has 0 aromatic carbocycles. The molecule has 1 aliphatic heterocycles. The molecule has 0 saturated carbocycles. The second-order valence-electron chi connectivity index (χ2n) is 9.95. The number of rotatable bonds is 12. The number of nitrogens with one attached hydrogen (secondary N) is 2. The van der Waals surface area contributed by atoms with Crippen LogP contribution >= 0.6 is 0 Å². The summed E-state index contributed by atoms with van der Waals surface area (Å²) in [6.45, 7) is 3.45. The summed E-state index contributed by atoms with van der Waals surface area (Å²) in [4.78, 5) is 50.7. The highest BCUT2D eigenvalue weighted by molar-refractivity contribution is 6.05. The topological polar surface area (TPSA) is 136 Å². The van der Waals surface area contributed by atoms with Crippen molar-refractivity contribution in [2.24, 2.45) is 11.3 Å². The lowest BCUT2D eigenvalue weighted by molar-refractivity contribution is -0.139. The lowest BCUT2D eigenvalue weighted by Crippen LogP contribution is -2.44. The number of nitrogens with zero attached hydrogens (tertiary/aromatic N) is 1. The third kappa shape index (κ3) is 10.5. The molecule has 0 aromatic rings. The van der Waals surface area contributed by atoms with Gasteiger partial charge in [-0.25, -0.2) is 0 Å². The highest BCUT2D eigenvalue weighted by atomic mass is 16.3. The van der Waals surface area contributed by atoms with Crippen LogP contribution in [0.2, 0.25) is 0 Å². The SMILES string of the molecule is CC(C)(CO)[C@@H](O)C(=O)N/C=C/C(=O)NCCCCCN1C(=O)CC(C2=C/C=C\C=C/C=C\C=C/C=C\2)C1=O. The van der Waals surface area contributed by atoms with Gasteiger partial charge >= 0.3 is 0 Å². The van der Waals surface area contributed by atoms with Crippen molar-refractivity contribution in [1.29, 1.82) is 0 Å². The zero-order chi connectivity index (χ0) is 28.7. The fourth-order valence-corrected chi connectivity index (χ4v) is 3.81. The third-order valence-electron chi connectivity index (χ3n) is 6.33. The molecule has 1 heterocycles. The van der Waals surface area contributed by atoms with E-state index in [2.05, 4.69) is 10.6 Å². The van der Waals surface area contributed by atoms with Crippen LogP contribution in [0.15, 0.2) is 84.7 Å². The van der Waals surface area contributed by atoms with E-state index in [1.165, 1.54) is 4.90 Å². The second-order valence-corrected chi connectivity index (χ2v) is 9.95. The Hall–Kier alpha value is -3.82. The number of carbonyl (C=O) groups excluding carboxylic acids is 4. The van der Waals surface area contributed by atoms with Gasteiger partial charge in [0.15, 0.2) is 0 Å².